The van der Waals surface area contributed by atoms with Crippen LogP contribution in [0.1, 0.15) is 12.6 Å². The van der Waals surface area contributed by atoms with Crippen LogP contribution >= 0.6 is 0 Å². The van der Waals surface area contributed by atoms with E-state index in [1.165, 1.54) is 13.0 Å². The number of anilines is 1. The minimum absolute atomic E-state index is 0.00928. The van der Waals surface area contributed by atoms with Crippen LogP contribution in [0.4, 0.5) is 15.8 Å². The highest BCUT2D eigenvalue weighted by atomic mass is 19.1. The van der Waals surface area contributed by atoms with Gasteiger partial charge in [-0.2, -0.15) is 4.39 Å². The van der Waals surface area contributed by atoms with Crippen LogP contribution in [0, 0.1) is 15.9 Å². The van der Waals surface area contributed by atoms with Gasteiger partial charge in [0.25, 0.3) is 5.91 Å². The maximum Gasteiger partial charge on any atom is 0.331 e. The Labute approximate surface area is 147 Å². The van der Waals surface area contributed by atoms with Gasteiger partial charge < -0.3 is 10.1 Å². The maximum atomic E-state index is 13.3. The molecule has 0 bridgehead atoms. The van der Waals surface area contributed by atoms with E-state index in [4.69, 9.17) is 4.74 Å². The van der Waals surface area contributed by atoms with Crippen LogP contribution in [-0.4, -0.2) is 27.9 Å². The maximum absolute atomic E-state index is 13.3. The molecule has 26 heavy (non-hydrogen) atoms. The van der Waals surface area contributed by atoms with Crippen LogP contribution in [0.5, 0.6) is 0 Å². The SMILES string of the molecule is CC(OC(=O)C=Cc1ccccn1)C(=O)Nc1ccc(F)c([N+](=O)[O-])c1. The smallest absolute Gasteiger partial charge is 0.331 e. The van der Waals surface area contributed by atoms with Crippen molar-refractivity contribution >= 4 is 29.3 Å². The number of aromatic nitrogens is 1. The van der Waals surface area contributed by atoms with Crippen molar-refractivity contribution in [1.29, 1.82) is 0 Å². The average Bonchev–Trinajstić information content (AvgIpc) is 2.62. The molecule has 8 nitrogen and oxygen atoms in total. The summed E-state index contributed by atoms with van der Waals surface area (Å²) in [6.07, 6.45) is 2.94. The molecule has 0 aliphatic heterocycles. The third kappa shape index (κ3) is 5.20. The number of nitrogens with one attached hydrogen (secondary N) is 1. The van der Waals surface area contributed by atoms with E-state index < -0.39 is 34.4 Å². The second-order valence-corrected chi connectivity index (χ2v) is 5.08. The highest BCUT2D eigenvalue weighted by Crippen LogP contribution is 2.21. The lowest BCUT2D eigenvalue weighted by Gasteiger charge is -2.12. The van der Waals surface area contributed by atoms with Crippen LogP contribution in [0.3, 0.4) is 0 Å². The van der Waals surface area contributed by atoms with Crippen molar-refractivity contribution in [2.24, 2.45) is 0 Å². The Kier molecular flexibility index (Phi) is 6.10. The summed E-state index contributed by atoms with van der Waals surface area (Å²) in [5.41, 5.74) is -0.221. The van der Waals surface area contributed by atoms with E-state index in [1.807, 2.05) is 0 Å². The molecule has 1 aromatic heterocycles. The van der Waals surface area contributed by atoms with Crippen molar-refractivity contribution in [2.75, 3.05) is 5.32 Å². The summed E-state index contributed by atoms with van der Waals surface area (Å²) in [7, 11) is 0. The van der Waals surface area contributed by atoms with Crippen molar-refractivity contribution in [1.82, 2.24) is 4.98 Å². The lowest BCUT2D eigenvalue weighted by Crippen LogP contribution is -2.29. The van der Waals surface area contributed by atoms with Gasteiger partial charge in [-0.25, -0.2) is 4.79 Å². The van der Waals surface area contributed by atoms with Gasteiger partial charge in [-0.15, -0.1) is 0 Å². The minimum Gasteiger partial charge on any atom is -0.449 e. The first-order valence-corrected chi connectivity index (χ1v) is 7.41. The fraction of sp³-hybridized carbons (Fsp3) is 0.118. The molecule has 9 heteroatoms. The summed E-state index contributed by atoms with van der Waals surface area (Å²) in [5.74, 6) is -2.50. The molecule has 0 aliphatic carbocycles. The molecule has 1 N–H and O–H groups in total. The monoisotopic (exact) mass is 359 g/mol. The van der Waals surface area contributed by atoms with Gasteiger partial charge >= 0.3 is 11.7 Å². The third-order valence-electron chi connectivity index (χ3n) is 3.15. The molecular weight excluding hydrogens is 345 g/mol. The van der Waals surface area contributed by atoms with E-state index >= 15 is 0 Å². The Hall–Kier alpha value is -3.62. The van der Waals surface area contributed by atoms with Crippen molar-refractivity contribution < 1.29 is 23.6 Å². The number of amides is 1. The van der Waals surface area contributed by atoms with Crippen molar-refractivity contribution in [3.63, 3.8) is 0 Å². The second kappa shape index (κ2) is 8.47. The number of hydrogen-bond donors (Lipinski definition) is 1. The van der Waals surface area contributed by atoms with Gasteiger partial charge in [0.2, 0.25) is 5.82 Å². The van der Waals surface area contributed by atoms with E-state index in [1.54, 1.807) is 24.4 Å². The molecule has 1 atom stereocenters. The van der Waals surface area contributed by atoms with E-state index in [-0.39, 0.29) is 5.69 Å². The zero-order valence-corrected chi connectivity index (χ0v) is 13.6. The zero-order chi connectivity index (χ0) is 19.1. The van der Waals surface area contributed by atoms with Gasteiger partial charge in [-0.3, -0.25) is 19.9 Å². The number of carbonyl (C=O) groups excluding carboxylic acids is 2. The predicted octanol–water partition coefficient (Wildman–Crippen LogP) is 2.71. The Morgan fingerprint density at radius 2 is 2.12 bits per heavy atom. The molecule has 1 amide bonds. The molecule has 0 radical (unpaired) electrons. The number of carbonyl (C=O) groups is 2. The molecule has 1 aromatic carbocycles. The highest BCUT2D eigenvalue weighted by molar-refractivity contribution is 5.96. The lowest BCUT2D eigenvalue weighted by molar-refractivity contribution is -0.387. The summed E-state index contributed by atoms with van der Waals surface area (Å²) in [4.78, 5) is 37.5. The Morgan fingerprint density at radius 1 is 1.35 bits per heavy atom. The number of nitrogens with zero attached hydrogens (tertiary/aromatic N) is 2. The number of halogens is 1. The molecular formula is C17H14FN3O5. The average molecular weight is 359 g/mol. The molecule has 134 valence electrons. The standard InChI is InChI=1S/C17H14FN3O5/c1-11(26-16(22)8-6-12-4-2-3-9-19-12)17(23)20-13-5-7-14(18)15(10-13)21(24)25/h2-11H,1H3,(H,20,23). The van der Waals surface area contributed by atoms with E-state index in [2.05, 4.69) is 10.3 Å². The number of rotatable bonds is 6. The quantitative estimate of drug-likeness (QED) is 0.367. The Bertz CT molecular complexity index is 855. The topological polar surface area (TPSA) is 111 Å². The van der Waals surface area contributed by atoms with Gasteiger partial charge in [-0.05, 0) is 37.3 Å². The Balaban J connectivity index is 1.95. The highest BCUT2D eigenvalue weighted by Gasteiger charge is 2.19. The van der Waals surface area contributed by atoms with Gasteiger partial charge in [0.1, 0.15) is 0 Å². The lowest BCUT2D eigenvalue weighted by atomic mass is 10.2. The van der Waals surface area contributed by atoms with Gasteiger partial charge in [-0.1, -0.05) is 6.07 Å². The fourth-order valence-corrected chi connectivity index (χ4v) is 1.87. The molecule has 1 unspecified atom stereocenters. The van der Waals surface area contributed by atoms with Crippen LogP contribution in [-0.2, 0) is 14.3 Å². The molecule has 0 saturated heterocycles. The van der Waals surface area contributed by atoms with Crippen LogP contribution in [0.2, 0.25) is 0 Å². The Morgan fingerprint density at radius 3 is 2.77 bits per heavy atom. The normalized spacial score (nSPS) is 11.8. The molecule has 0 aliphatic rings. The molecule has 1 heterocycles. The molecule has 0 spiro atoms. The molecule has 0 fully saturated rings. The zero-order valence-electron chi connectivity index (χ0n) is 13.6. The van der Waals surface area contributed by atoms with Crippen LogP contribution in [0.25, 0.3) is 6.08 Å². The number of hydrogen-bond acceptors (Lipinski definition) is 6. The van der Waals surface area contributed by atoms with Crippen LogP contribution < -0.4 is 5.32 Å². The summed E-state index contributed by atoms with van der Waals surface area (Å²) < 4.78 is 18.2. The minimum atomic E-state index is -1.17. The number of ether oxygens (including phenoxy) is 1. The summed E-state index contributed by atoms with van der Waals surface area (Å²) in [5, 5.41) is 13.0. The summed E-state index contributed by atoms with van der Waals surface area (Å²) >= 11 is 0. The van der Waals surface area contributed by atoms with E-state index in [9.17, 15) is 24.1 Å². The summed E-state index contributed by atoms with van der Waals surface area (Å²) in [6, 6.07) is 8.05. The second-order valence-electron chi connectivity index (χ2n) is 5.08. The first-order valence-electron chi connectivity index (χ1n) is 7.41. The molecule has 2 rings (SSSR count). The van der Waals surface area contributed by atoms with Gasteiger partial charge in [0, 0.05) is 24.0 Å². The van der Waals surface area contributed by atoms with Gasteiger partial charge in [0.15, 0.2) is 6.10 Å². The first-order chi connectivity index (χ1) is 12.4. The third-order valence-corrected chi connectivity index (χ3v) is 3.15. The fourth-order valence-electron chi connectivity index (χ4n) is 1.87. The number of benzene rings is 1. The van der Waals surface area contributed by atoms with E-state index in [0.29, 0.717) is 5.69 Å². The number of pyridine rings is 1. The molecule has 0 saturated carbocycles. The largest absolute Gasteiger partial charge is 0.449 e. The number of esters is 1. The number of nitro benzene ring substituents is 1. The van der Waals surface area contributed by atoms with Crippen molar-refractivity contribution in [3.05, 3.63) is 70.3 Å². The summed E-state index contributed by atoms with van der Waals surface area (Å²) in [6.45, 7) is 1.33. The first kappa shape index (κ1) is 18.7. The number of nitro groups is 1. The van der Waals surface area contributed by atoms with Gasteiger partial charge in [0.05, 0.1) is 10.6 Å². The van der Waals surface area contributed by atoms with Crippen molar-refractivity contribution in [2.45, 2.75) is 13.0 Å². The van der Waals surface area contributed by atoms with E-state index in [0.717, 1.165) is 24.3 Å². The predicted molar refractivity (Wildman–Crippen MR) is 90.5 cm³/mol. The molecule has 2 aromatic rings. The van der Waals surface area contributed by atoms with Crippen molar-refractivity contribution in [3.8, 4) is 0 Å². The van der Waals surface area contributed by atoms with Crippen LogP contribution in [0.15, 0.2) is 48.7 Å².